The smallest absolute Gasteiger partial charge is 0.391 e. The van der Waals surface area contributed by atoms with Gasteiger partial charge in [0.25, 0.3) is 5.89 Å². The van der Waals surface area contributed by atoms with E-state index in [0.29, 0.717) is 9.50 Å². The van der Waals surface area contributed by atoms with Gasteiger partial charge in [0.1, 0.15) is 0 Å². The number of hydrogen-bond acceptors (Lipinski definition) is 7. The van der Waals surface area contributed by atoms with Gasteiger partial charge < -0.3 is 14.5 Å². The third kappa shape index (κ3) is 3.15. The van der Waals surface area contributed by atoms with Gasteiger partial charge in [0.2, 0.25) is 0 Å². The Morgan fingerprint density at radius 3 is 2.75 bits per heavy atom. The van der Waals surface area contributed by atoms with Gasteiger partial charge in [-0.3, -0.25) is 0 Å². The average Bonchev–Trinajstić information content (AvgIpc) is 3.08. The van der Waals surface area contributed by atoms with Gasteiger partial charge in [-0.15, -0.1) is 4.68 Å². The van der Waals surface area contributed by atoms with Gasteiger partial charge in [0, 0.05) is 15.7 Å². The Morgan fingerprint density at radius 2 is 2.04 bits per heavy atom. The first-order chi connectivity index (χ1) is 13.3. The van der Waals surface area contributed by atoms with Crippen LogP contribution in [0.3, 0.4) is 0 Å². The van der Waals surface area contributed by atoms with Crippen LogP contribution in [0.25, 0.3) is 28.3 Å². The van der Waals surface area contributed by atoms with E-state index in [9.17, 15) is 14.9 Å². The molecule has 0 atom stereocenters. The van der Waals surface area contributed by atoms with Crippen LogP contribution in [0, 0.1) is 10.1 Å². The van der Waals surface area contributed by atoms with Crippen LogP contribution >= 0.6 is 39.1 Å². The van der Waals surface area contributed by atoms with Gasteiger partial charge in [-0.2, -0.15) is 0 Å². The van der Waals surface area contributed by atoms with Crippen molar-refractivity contribution in [1.29, 1.82) is 0 Å². The number of hydrogen-bond donors (Lipinski definition) is 0. The number of nitrogens with zero attached hydrogens (tertiary/aromatic N) is 5. The van der Waals surface area contributed by atoms with Crippen molar-refractivity contribution in [1.82, 2.24) is 19.7 Å². The molecule has 0 saturated heterocycles. The summed E-state index contributed by atoms with van der Waals surface area (Å²) in [5.41, 5.74) is -0.406. The molecule has 0 aliphatic heterocycles. The normalized spacial score (nSPS) is 11.1. The van der Waals surface area contributed by atoms with Gasteiger partial charge in [0.15, 0.2) is 11.5 Å². The third-order valence-corrected chi connectivity index (χ3v) is 4.81. The van der Waals surface area contributed by atoms with Gasteiger partial charge in [-0.05, 0) is 45.1 Å². The van der Waals surface area contributed by atoms with Crippen LogP contribution in [-0.2, 0) is 0 Å². The van der Waals surface area contributed by atoms with E-state index in [2.05, 4.69) is 31.0 Å². The van der Waals surface area contributed by atoms with Crippen molar-refractivity contribution in [2.24, 2.45) is 0 Å². The summed E-state index contributed by atoms with van der Waals surface area (Å²) in [6.45, 7) is 0. The molecule has 28 heavy (non-hydrogen) atoms. The third-order valence-electron chi connectivity index (χ3n) is 3.69. The van der Waals surface area contributed by atoms with Crippen molar-refractivity contribution in [3.8, 4) is 17.4 Å². The predicted octanol–water partition coefficient (Wildman–Crippen LogP) is 4.41. The van der Waals surface area contributed by atoms with E-state index in [0.717, 1.165) is 10.7 Å². The van der Waals surface area contributed by atoms with Crippen molar-refractivity contribution in [3.63, 3.8) is 0 Å². The fourth-order valence-electron chi connectivity index (χ4n) is 2.52. The molecule has 0 fully saturated rings. The topological polar surface area (TPSA) is 117 Å². The van der Waals surface area contributed by atoms with Crippen molar-refractivity contribution in [3.05, 3.63) is 71.6 Å². The molecule has 0 N–H and O–H groups in total. The first kappa shape index (κ1) is 18.5. The zero-order valence-electron chi connectivity index (χ0n) is 13.5. The minimum Gasteiger partial charge on any atom is -0.401 e. The maximum atomic E-state index is 12.4. The Labute approximate surface area is 173 Å². The monoisotopic (exact) mass is 481 g/mol. The second-order valence-corrected chi connectivity index (χ2v) is 7.15. The summed E-state index contributed by atoms with van der Waals surface area (Å²) in [4.78, 5) is 31.4. The Hall–Kier alpha value is -2.82. The number of halogens is 3. The Kier molecular flexibility index (Phi) is 4.61. The number of aromatic nitrogens is 4. The minimum atomic E-state index is -0.717. The van der Waals surface area contributed by atoms with Crippen molar-refractivity contribution in [2.75, 3.05) is 0 Å². The zero-order valence-corrected chi connectivity index (χ0v) is 16.6. The van der Waals surface area contributed by atoms with Crippen molar-refractivity contribution in [2.45, 2.75) is 0 Å². The molecule has 4 rings (SSSR count). The molecule has 1 aromatic carbocycles. The maximum Gasteiger partial charge on any atom is 0.391 e. The highest BCUT2D eigenvalue weighted by Gasteiger charge is 2.26. The summed E-state index contributed by atoms with van der Waals surface area (Å²) in [5, 5.41) is 15.8. The minimum absolute atomic E-state index is 0.0353. The fraction of sp³-hybridized carbons (Fsp3) is 0. The van der Waals surface area contributed by atoms with E-state index in [1.54, 1.807) is 18.2 Å². The fourth-order valence-corrected chi connectivity index (χ4v) is 3.62. The van der Waals surface area contributed by atoms with Crippen LogP contribution in [0.2, 0.25) is 10.0 Å². The van der Waals surface area contributed by atoms with Crippen LogP contribution in [0.5, 0.6) is 0 Å². The van der Waals surface area contributed by atoms with Crippen LogP contribution in [0.15, 0.2) is 50.2 Å². The number of benzene rings is 1. The van der Waals surface area contributed by atoms with Crippen LogP contribution in [0.1, 0.15) is 0 Å². The van der Waals surface area contributed by atoms with Gasteiger partial charge in [-0.25, -0.2) is 14.8 Å². The lowest BCUT2D eigenvalue weighted by Gasteiger charge is -2.05. The molecule has 0 spiro atoms. The summed E-state index contributed by atoms with van der Waals surface area (Å²) in [6, 6.07) is 7.24. The lowest BCUT2D eigenvalue weighted by molar-refractivity contribution is -0.389. The molecule has 0 saturated carbocycles. The molecule has 4 aromatic rings. The Bertz CT molecular complexity index is 1320. The first-order valence-electron chi connectivity index (χ1n) is 7.51. The highest BCUT2D eigenvalue weighted by atomic mass is 79.9. The van der Waals surface area contributed by atoms with Crippen molar-refractivity contribution < 1.29 is 9.34 Å². The maximum absolute atomic E-state index is 12.4. The molecule has 0 aliphatic carbocycles. The zero-order chi connectivity index (χ0) is 20.0. The number of nitro groups is 1. The van der Waals surface area contributed by atoms with Crippen LogP contribution in [0.4, 0.5) is 5.82 Å². The molecule has 0 amide bonds. The number of pyridine rings is 1. The summed E-state index contributed by atoms with van der Waals surface area (Å²) in [7, 11) is 0. The SMILES string of the molecule is O=c1oc(-c2cc([N+](=O)[O-])nn2-c2ncccc2Cl)nc2c(Br)cc(Cl)cc12. The molecule has 12 heteroatoms. The molecule has 3 aromatic heterocycles. The molecule has 0 radical (unpaired) electrons. The van der Waals surface area contributed by atoms with Crippen LogP contribution in [-0.4, -0.2) is 24.7 Å². The largest absolute Gasteiger partial charge is 0.401 e. The molecule has 3 heterocycles. The second kappa shape index (κ2) is 6.97. The predicted molar refractivity (Wildman–Crippen MR) is 105 cm³/mol. The summed E-state index contributed by atoms with van der Waals surface area (Å²) in [5.74, 6) is -0.564. The van der Waals surface area contributed by atoms with Gasteiger partial charge >= 0.3 is 11.4 Å². The van der Waals surface area contributed by atoms with E-state index >= 15 is 0 Å². The Balaban J connectivity index is 2.03. The van der Waals surface area contributed by atoms with Crippen LogP contribution < -0.4 is 5.63 Å². The molecule has 140 valence electrons. The van der Waals surface area contributed by atoms with E-state index in [1.807, 2.05) is 0 Å². The van der Waals surface area contributed by atoms with Gasteiger partial charge in [0.05, 0.1) is 27.1 Å². The lowest BCUT2D eigenvalue weighted by Crippen LogP contribution is -2.07. The highest BCUT2D eigenvalue weighted by molar-refractivity contribution is 9.10. The summed E-state index contributed by atoms with van der Waals surface area (Å²) in [6.07, 6.45) is 1.45. The van der Waals surface area contributed by atoms with E-state index in [-0.39, 0.29) is 33.3 Å². The van der Waals surface area contributed by atoms with E-state index in [4.69, 9.17) is 27.6 Å². The summed E-state index contributed by atoms with van der Waals surface area (Å²) < 4.78 is 6.84. The molecular weight excluding hydrogens is 477 g/mol. The Morgan fingerprint density at radius 1 is 1.25 bits per heavy atom. The molecule has 0 unspecified atom stereocenters. The standard InChI is InChI=1S/C16H6BrCl2N5O4/c17-9-5-7(18)4-8-13(9)21-15(28-16(8)25)11-6-12(24(26)27)22-23(11)14-10(19)2-1-3-20-14/h1-6H. The highest BCUT2D eigenvalue weighted by Crippen LogP contribution is 2.30. The lowest BCUT2D eigenvalue weighted by atomic mass is 10.2. The second-order valence-electron chi connectivity index (χ2n) is 5.46. The van der Waals surface area contributed by atoms with E-state index in [1.165, 1.54) is 12.3 Å². The number of rotatable bonds is 3. The molecular formula is C16H6BrCl2N5O4. The number of fused-ring (bicyclic) bond motifs is 1. The molecule has 9 nitrogen and oxygen atoms in total. The average molecular weight is 483 g/mol. The van der Waals surface area contributed by atoms with Crippen molar-refractivity contribution >= 4 is 55.9 Å². The van der Waals surface area contributed by atoms with Gasteiger partial charge in [-0.1, -0.05) is 23.2 Å². The summed E-state index contributed by atoms with van der Waals surface area (Å²) >= 11 is 15.4. The molecule has 0 aliphatic rings. The quantitative estimate of drug-likeness (QED) is 0.313. The van der Waals surface area contributed by atoms with E-state index < -0.39 is 16.4 Å². The first-order valence-corrected chi connectivity index (χ1v) is 9.05. The molecule has 0 bridgehead atoms.